The highest BCUT2D eigenvalue weighted by Gasteiger charge is 2.24. The molecular formula is C16H18N4O2. The van der Waals surface area contributed by atoms with Crippen molar-refractivity contribution in [1.82, 2.24) is 9.97 Å². The third-order valence-corrected chi connectivity index (χ3v) is 4.11. The minimum atomic E-state index is -0.417. The van der Waals surface area contributed by atoms with Crippen LogP contribution in [0, 0.1) is 10.1 Å². The van der Waals surface area contributed by atoms with E-state index in [0.29, 0.717) is 6.04 Å². The molecule has 22 heavy (non-hydrogen) atoms. The Labute approximate surface area is 129 Å². The molecule has 0 atom stereocenters. The van der Waals surface area contributed by atoms with Gasteiger partial charge in [0.1, 0.15) is 12.0 Å². The van der Waals surface area contributed by atoms with E-state index in [0.717, 1.165) is 25.2 Å². The van der Waals surface area contributed by atoms with Gasteiger partial charge in [0.25, 0.3) is 5.69 Å². The SMILES string of the molecule is O=[N+]([O-])c1ccc(N(Cc2ccncc2)C2CCCC2)nc1. The molecule has 6 nitrogen and oxygen atoms in total. The molecule has 0 aliphatic heterocycles. The lowest BCUT2D eigenvalue weighted by atomic mass is 10.1. The van der Waals surface area contributed by atoms with Gasteiger partial charge in [-0.05, 0) is 36.6 Å². The van der Waals surface area contributed by atoms with Crippen LogP contribution in [0.4, 0.5) is 11.5 Å². The molecule has 2 aromatic heterocycles. The molecule has 6 heteroatoms. The molecule has 1 aliphatic rings. The van der Waals surface area contributed by atoms with E-state index >= 15 is 0 Å². The average molecular weight is 298 g/mol. The summed E-state index contributed by atoms with van der Waals surface area (Å²) in [7, 11) is 0. The lowest BCUT2D eigenvalue weighted by Gasteiger charge is -2.30. The first-order valence-corrected chi connectivity index (χ1v) is 7.50. The smallest absolute Gasteiger partial charge is 0.287 e. The quantitative estimate of drug-likeness (QED) is 0.625. The first-order valence-electron chi connectivity index (χ1n) is 7.50. The highest BCUT2D eigenvalue weighted by atomic mass is 16.6. The van der Waals surface area contributed by atoms with E-state index < -0.39 is 4.92 Å². The molecule has 114 valence electrons. The maximum Gasteiger partial charge on any atom is 0.287 e. The highest BCUT2D eigenvalue weighted by Crippen LogP contribution is 2.29. The summed E-state index contributed by atoms with van der Waals surface area (Å²) in [6, 6.07) is 7.71. The molecule has 0 saturated heterocycles. The highest BCUT2D eigenvalue weighted by molar-refractivity contribution is 5.44. The molecule has 0 radical (unpaired) electrons. The summed E-state index contributed by atoms with van der Waals surface area (Å²) in [5.41, 5.74) is 1.20. The molecule has 2 aromatic rings. The van der Waals surface area contributed by atoms with Gasteiger partial charge in [0.15, 0.2) is 0 Å². The number of nitrogens with zero attached hydrogens (tertiary/aromatic N) is 4. The second-order valence-electron chi connectivity index (χ2n) is 5.55. The summed E-state index contributed by atoms with van der Waals surface area (Å²) < 4.78 is 0. The van der Waals surface area contributed by atoms with E-state index in [4.69, 9.17) is 0 Å². The standard InChI is InChI=1S/C16H18N4O2/c21-20(22)15-5-6-16(18-11-15)19(14-3-1-2-4-14)12-13-7-9-17-10-8-13/h5-11,14H,1-4,12H2. The van der Waals surface area contributed by atoms with Gasteiger partial charge in [0.05, 0.1) is 4.92 Å². The summed E-state index contributed by atoms with van der Waals surface area (Å²) in [5.74, 6) is 0.800. The van der Waals surface area contributed by atoms with E-state index in [-0.39, 0.29) is 5.69 Å². The zero-order valence-corrected chi connectivity index (χ0v) is 12.3. The van der Waals surface area contributed by atoms with Crippen LogP contribution in [0.15, 0.2) is 42.9 Å². The van der Waals surface area contributed by atoms with Crippen molar-refractivity contribution < 1.29 is 4.92 Å². The predicted molar refractivity (Wildman–Crippen MR) is 83.6 cm³/mol. The fourth-order valence-electron chi connectivity index (χ4n) is 2.95. The van der Waals surface area contributed by atoms with E-state index in [1.807, 2.05) is 12.1 Å². The number of rotatable bonds is 5. The third kappa shape index (κ3) is 3.21. The maximum absolute atomic E-state index is 10.8. The molecule has 0 N–H and O–H groups in total. The van der Waals surface area contributed by atoms with Gasteiger partial charge >= 0.3 is 0 Å². The molecule has 1 aliphatic carbocycles. The number of aromatic nitrogens is 2. The lowest BCUT2D eigenvalue weighted by Crippen LogP contribution is -2.33. The zero-order valence-electron chi connectivity index (χ0n) is 12.3. The van der Waals surface area contributed by atoms with E-state index in [9.17, 15) is 10.1 Å². The van der Waals surface area contributed by atoms with Crippen LogP contribution in [-0.2, 0) is 6.54 Å². The Kier molecular flexibility index (Phi) is 4.27. The van der Waals surface area contributed by atoms with Gasteiger partial charge < -0.3 is 4.90 Å². The molecule has 0 spiro atoms. The Bertz CT molecular complexity index is 624. The summed E-state index contributed by atoms with van der Waals surface area (Å²) in [6.07, 6.45) is 9.64. The van der Waals surface area contributed by atoms with Crippen molar-refractivity contribution in [2.75, 3.05) is 4.90 Å². The van der Waals surface area contributed by atoms with Crippen LogP contribution in [0.25, 0.3) is 0 Å². The van der Waals surface area contributed by atoms with Crippen LogP contribution >= 0.6 is 0 Å². The number of anilines is 1. The summed E-state index contributed by atoms with van der Waals surface area (Å²) in [5, 5.41) is 10.8. The van der Waals surface area contributed by atoms with Crippen molar-refractivity contribution in [3.05, 3.63) is 58.5 Å². The van der Waals surface area contributed by atoms with Crippen LogP contribution in [-0.4, -0.2) is 20.9 Å². The normalized spacial score (nSPS) is 14.9. The second-order valence-corrected chi connectivity index (χ2v) is 5.55. The number of hydrogen-bond acceptors (Lipinski definition) is 5. The van der Waals surface area contributed by atoms with Crippen molar-refractivity contribution in [2.24, 2.45) is 0 Å². The topological polar surface area (TPSA) is 72.2 Å². The van der Waals surface area contributed by atoms with E-state index in [2.05, 4.69) is 14.9 Å². The molecule has 0 aromatic carbocycles. The van der Waals surface area contributed by atoms with Crippen LogP contribution in [0.5, 0.6) is 0 Å². The molecular weight excluding hydrogens is 280 g/mol. The molecule has 0 amide bonds. The van der Waals surface area contributed by atoms with Gasteiger partial charge in [0.2, 0.25) is 0 Å². The van der Waals surface area contributed by atoms with Crippen molar-refractivity contribution in [1.29, 1.82) is 0 Å². The maximum atomic E-state index is 10.8. The van der Waals surface area contributed by atoms with Crippen molar-refractivity contribution in [3.8, 4) is 0 Å². The molecule has 2 heterocycles. The number of pyridine rings is 2. The van der Waals surface area contributed by atoms with E-state index in [1.54, 1.807) is 18.5 Å². The first-order chi connectivity index (χ1) is 10.7. The summed E-state index contributed by atoms with van der Waals surface area (Å²) in [6.45, 7) is 0.748. The molecule has 1 saturated carbocycles. The largest absolute Gasteiger partial charge is 0.349 e. The van der Waals surface area contributed by atoms with Gasteiger partial charge in [-0.3, -0.25) is 15.1 Å². The molecule has 0 unspecified atom stereocenters. The number of hydrogen-bond donors (Lipinski definition) is 0. The predicted octanol–water partition coefficient (Wildman–Crippen LogP) is 3.33. The van der Waals surface area contributed by atoms with Gasteiger partial charge in [-0.25, -0.2) is 4.98 Å². The van der Waals surface area contributed by atoms with Crippen LogP contribution in [0.2, 0.25) is 0 Å². The van der Waals surface area contributed by atoms with Gasteiger partial charge in [-0.1, -0.05) is 12.8 Å². The van der Waals surface area contributed by atoms with Crippen LogP contribution < -0.4 is 4.90 Å². The van der Waals surface area contributed by atoms with Gasteiger partial charge in [0, 0.05) is 31.0 Å². The van der Waals surface area contributed by atoms with Crippen LogP contribution in [0.1, 0.15) is 31.2 Å². The van der Waals surface area contributed by atoms with Crippen LogP contribution in [0.3, 0.4) is 0 Å². The third-order valence-electron chi connectivity index (χ3n) is 4.11. The van der Waals surface area contributed by atoms with E-state index in [1.165, 1.54) is 30.7 Å². The Hall–Kier alpha value is -2.50. The minimum Gasteiger partial charge on any atom is -0.349 e. The average Bonchev–Trinajstić information content (AvgIpc) is 3.08. The van der Waals surface area contributed by atoms with Gasteiger partial charge in [-0.2, -0.15) is 0 Å². The zero-order chi connectivity index (χ0) is 15.4. The minimum absolute atomic E-state index is 0.0269. The summed E-state index contributed by atoms with van der Waals surface area (Å²) >= 11 is 0. The summed E-state index contributed by atoms with van der Waals surface area (Å²) in [4.78, 5) is 21.0. The molecule has 0 bridgehead atoms. The fraction of sp³-hybridized carbons (Fsp3) is 0.375. The molecule has 1 fully saturated rings. The fourth-order valence-corrected chi connectivity index (χ4v) is 2.95. The van der Waals surface area contributed by atoms with Gasteiger partial charge in [-0.15, -0.1) is 0 Å². The second kappa shape index (κ2) is 6.51. The lowest BCUT2D eigenvalue weighted by molar-refractivity contribution is -0.385. The Morgan fingerprint density at radius 2 is 1.91 bits per heavy atom. The Balaban J connectivity index is 1.85. The van der Waals surface area contributed by atoms with Crippen molar-refractivity contribution in [2.45, 2.75) is 38.3 Å². The Morgan fingerprint density at radius 1 is 1.18 bits per heavy atom. The van der Waals surface area contributed by atoms with Crippen molar-refractivity contribution >= 4 is 11.5 Å². The monoisotopic (exact) mass is 298 g/mol. The van der Waals surface area contributed by atoms with Crippen molar-refractivity contribution in [3.63, 3.8) is 0 Å². The number of nitro groups is 1. The molecule has 3 rings (SSSR count). The Morgan fingerprint density at radius 3 is 2.50 bits per heavy atom. The first kappa shape index (κ1) is 14.4.